The maximum atomic E-state index is 13.3. The molecule has 0 spiro atoms. The number of sulfone groups is 1. The van der Waals surface area contributed by atoms with E-state index < -0.39 is 15.7 Å². The van der Waals surface area contributed by atoms with Crippen LogP contribution >= 0.6 is 0 Å². The van der Waals surface area contributed by atoms with E-state index in [1.807, 2.05) is 30.3 Å². The van der Waals surface area contributed by atoms with Gasteiger partial charge in [-0.3, -0.25) is 4.79 Å². The molecular formula is C24H21FN4O3S. The molecule has 1 amide bonds. The van der Waals surface area contributed by atoms with Crippen molar-refractivity contribution in [3.8, 4) is 11.3 Å². The number of hydrogen-bond acceptors (Lipinski definition) is 5. The van der Waals surface area contributed by atoms with Crippen LogP contribution in [-0.4, -0.2) is 40.6 Å². The quantitative estimate of drug-likeness (QED) is 0.490. The van der Waals surface area contributed by atoms with Gasteiger partial charge in [0.2, 0.25) is 0 Å². The van der Waals surface area contributed by atoms with Crippen LogP contribution in [0.5, 0.6) is 0 Å². The van der Waals surface area contributed by atoms with Crippen molar-refractivity contribution in [1.82, 2.24) is 14.8 Å². The Morgan fingerprint density at radius 1 is 1.12 bits per heavy atom. The zero-order valence-corrected chi connectivity index (χ0v) is 18.6. The summed E-state index contributed by atoms with van der Waals surface area (Å²) in [5.74, 6) is -0.673. The molecule has 168 valence electrons. The highest BCUT2D eigenvalue weighted by Gasteiger charge is 2.32. The lowest BCUT2D eigenvalue weighted by molar-refractivity contribution is 0.102. The second-order valence-corrected chi connectivity index (χ2v) is 10.4. The number of anilines is 1. The van der Waals surface area contributed by atoms with E-state index in [1.165, 1.54) is 24.3 Å². The van der Waals surface area contributed by atoms with Crippen molar-refractivity contribution in [2.75, 3.05) is 16.8 Å². The molecule has 0 saturated carbocycles. The number of nitrogens with zero attached hydrogens (tertiary/aromatic N) is 3. The molecule has 1 saturated heterocycles. The van der Waals surface area contributed by atoms with Crippen LogP contribution in [0, 0.1) is 12.7 Å². The Morgan fingerprint density at radius 3 is 2.52 bits per heavy atom. The molecule has 0 unspecified atom stereocenters. The molecule has 0 radical (unpaired) electrons. The molecule has 0 aliphatic carbocycles. The molecule has 4 aromatic rings. The van der Waals surface area contributed by atoms with Crippen LogP contribution in [0.15, 0.2) is 60.7 Å². The Balaban J connectivity index is 1.67. The number of fused-ring (bicyclic) bond motifs is 1. The number of halogens is 1. The van der Waals surface area contributed by atoms with Crippen LogP contribution in [0.25, 0.3) is 22.3 Å². The third-order valence-corrected chi connectivity index (χ3v) is 7.56. The van der Waals surface area contributed by atoms with E-state index in [0.717, 1.165) is 5.56 Å². The smallest absolute Gasteiger partial charge is 0.256 e. The molecule has 0 bridgehead atoms. The molecule has 2 aromatic carbocycles. The average molecular weight is 465 g/mol. The molecular weight excluding hydrogens is 443 g/mol. The maximum Gasteiger partial charge on any atom is 0.256 e. The summed E-state index contributed by atoms with van der Waals surface area (Å²) >= 11 is 0. The molecule has 1 aliphatic rings. The molecule has 1 aliphatic heterocycles. The molecule has 3 heterocycles. The molecule has 33 heavy (non-hydrogen) atoms. The van der Waals surface area contributed by atoms with Crippen LogP contribution < -0.4 is 5.32 Å². The van der Waals surface area contributed by atoms with Gasteiger partial charge >= 0.3 is 0 Å². The van der Waals surface area contributed by atoms with Gasteiger partial charge < -0.3 is 5.32 Å². The van der Waals surface area contributed by atoms with E-state index in [0.29, 0.717) is 40.1 Å². The highest BCUT2D eigenvalue weighted by molar-refractivity contribution is 7.91. The first-order valence-corrected chi connectivity index (χ1v) is 12.4. The maximum absolute atomic E-state index is 13.3. The molecule has 1 atom stereocenters. The number of carbonyl (C=O) groups is 1. The summed E-state index contributed by atoms with van der Waals surface area (Å²) in [4.78, 5) is 18.1. The number of aryl methyl sites for hydroxylation is 1. The van der Waals surface area contributed by atoms with Crippen molar-refractivity contribution in [3.05, 3.63) is 77.7 Å². The zero-order valence-electron chi connectivity index (χ0n) is 17.8. The van der Waals surface area contributed by atoms with Crippen LogP contribution in [-0.2, 0) is 9.84 Å². The number of carbonyl (C=O) groups excluding carboxylic acids is 1. The number of aromatic nitrogens is 3. The van der Waals surface area contributed by atoms with E-state index in [9.17, 15) is 17.6 Å². The van der Waals surface area contributed by atoms with Gasteiger partial charge in [0.05, 0.1) is 39.9 Å². The van der Waals surface area contributed by atoms with Crippen LogP contribution in [0.3, 0.4) is 0 Å². The Kier molecular flexibility index (Phi) is 5.20. The van der Waals surface area contributed by atoms with Gasteiger partial charge in [0, 0.05) is 11.3 Å². The first-order chi connectivity index (χ1) is 15.8. The largest absolute Gasteiger partial charge is 0.322 e. The fraction of sp³-hybridized carbons (Fsp3) is 0.208. The molecule has 1 N–H and O–H groups in total. The molecule has 9 heteroatoms. The average Bonchev–Trinajstić information content (AvgIpc) is 3.34. The van der Waals surface area contributed by atoms with Crippen molar-refractivity contribution in [2.24, 2.45) is 0 Å². The van der Waals surface area contributed by atoms with E-state index in [4.69, 9.17) is 4.98 Å². The van der Waals surface area contributed by atoms with Gasteiger partial charge in [0.25, 0.3) is 5.91 Å². The SMILES string of the molecule is Cc1nn([C@@H]2CCS(=O)(=O)C2)c2nc(-c3ccccc3)cc(C(=O)Nc3ccc(F)cc3)c12. The Morgan fingerprint density at radius 2 is 1.85 bits per heavy atom. The molecule has 1 fully saturated rings. The van der Waals surface area contributed by atoms with Crippen molar-refractivity contribution >= 4 is 32.5 Å². The number of hydrogen-bond donors (Lipinski definition) is 1. The Hall–Kier alpha value is -3.59. The minimum atomic E-state index is -3.13. The monoisotopic (exact) mass is 464 g/mol. The van der Waals surface area contributed by atoms with Crippen LogP contribution in [0.2, 0.25) is 0 Å². The first kappa shape index (κ1) is 21.3. The van der Waals surface area contributed by atoms with E-state index in [2.05, 4.69) is 10.4 Å². The van der Waals surface area contributed by atoms with Gasteiger partial charge in [0.1, 0.15) is 5.82 Å². The fourth-order valence-electron chi connectivity index (χ4n) is 4.20. The number of amides is 1. The number of pyridine rings is 1. The van der Waals surface area contributed by atoms with Gasteiger partial charge in [-0.2, -0.15) is 5.10 Å². The van der Waals surface area contributed by atoms with Gasteiger partial charge in [0.15, 0.2) is 15.5 Å². The minimum Gasteiger partial charge on any atom is -0.322 e. The number of benzene rings is 2. The highest BCUT2D eigenvalue weighted by atomic mass is 32.2. The number of nitrogens with one attached hydrogen (secondary N) is 1. The summed E-state index contributed by atoms with van der Waals surface area (Å²) in [5, 5.41) is 7.97. The lowest BCUT2D eigenvalue weighted by atomic mass is 10.0. The summed E-state index contributed by atoms with van der Waals surface area (Å²) in [6.07, 6.45) is 0.451. The van der Waals surface area contributed by atoms with Crippen LogP contribution in [0.4, 0.5) is 10.1 Å². The van der Waals surface area contributed by atoms with Crippen molar-refractivity contribution in [1.29, 1.82) is 0 Å². The van der Waals surface area contributed by atoms with E-state index in [1.54, 1.807) is 17.7 Å². The molecule has 2 aromatic heterocycles. The summed E-state index contributed by atoms with van der Waals surface area (Å²) in [6, 6.07) is 16.3. The second-order valence-electron chi connectivity index (χ2n) is 8.17. The number of rotatable bonds is 4. The third-order valence-electron chi connectivity index (χ3n) is 5.81. The summed E-state index contributed by atoms with van der Waals surface area (Å²) in [5.41, 5.74) is 3.28. The zero-order chi connectivity index (χ0) is 23.2. The lowest BCUT2D eigenvalue weighted by Gasteiger charge is -2.12. The van der Waals surface area contributed by atoms with Gasteiger partial charge in [-0.1, -0.05) is 30.3 Å². The van der Waals surface area contributed by atoms with E-state index >= 15 is 0 Å². The Labute approximate surface area is 190 Å². The highest BCUT2D eigenvalue weighted by Crippen LogP contribution is 2.32. The summed E-state index contributed by atoms with van der Waals surface area (Å²) in [6.45, 7) is 1.78. The minimum absolute atomic E-state index is 0.00241. The van der Waals surface area contributed by atoms with Crippen molar-refractivity contribution < 1.29 is 17.6 Å². The second kappa shape index (κ2) is 8.08. The third kappa shape index (κ3) is 4.11. The normalized spacial score (nSPS) is 17.3. The van der Waals surface area contributed by atoms with Gasteiger partial charge in [-0.25, -0.2) is 22.5 Å². The predicted molar refractivity (Wildman–Crippen MR) is 124 cm³/mol. The summed E-state index contributed by atoms with van der Waals surface area (Å²) in [7, 11) is -3.13. The first-order valence-electron chi connectivity index (χ1n) is 10.5. The summed E-state index contributed by atoms with van der Waals surface area (Å²) < 4.78 is 39.1. The van der Waals surface area contributed by atoms with Crippen LogP contribution in [0.1, 0.15) is 28.5 Å². The lowest BCUT2D eigenvalue weighted by Crippen LogP contribution is -2.15. The van der Waals surface area contributed by atoms with Gasteiger partial charge in [-0.05, 0) is 43.7 Å². The molecule has 5 rings (SSSR count). The topological polar surface area (TPSA) is 93.9 Å². The van der Waals surface area contributed by atoms with Crippen molar-refractivity contribution in [2.45, 2.75) is 19.4 Å². The van der Waals surface area contributed by atoms with E-state index in [-0.39, 0.29) is 23.5 Å². The molecule has 7 nitrogen and oxygen atoms in total. The Bertz CT molecular complexity index is 1470. The predicted octanol–water partition coefficient (Wildman–Crippen LogP) is 4.16. The standard InChI is InChI=1S/C24H21FN4O3S/c1-15-22-20(24(30)26-18-9-7-17(25)8-10-18)13-21(16-5-3-2-4-6-16)27-23(22)29(28-15)19-11-12-33(31,32)14-19/h2-10,13,19H,11-12,14H2,1H3,(H,26,30)/t19-/m1/s1. The van der Waals surface area contributed by atoms with Gasteiger partial charge in [-0.15, -0.1) is 0 Å². The van der Waals surface area contributed by atoms with Crippen molar-refractivity contribution in [3.63, 3.8) is 0 Å². The fourth-order valence-corrected chi connectivity index (χ4v) is 5.90.